The molecular weight excluding hydrogens is 291 g/mol. The molecule has 4 nitrogen and oxygen atoms in total. The van der Waals surface area contributed by atoms with Gasteiger partial charge in [0.05, 0.1) is 16.6 Å². The van der Waals surface area contributed by atoms with Gasteiger partial charge in [-0.1, -0.05) is 18.2 Å². The van der Waals surface area contributed by atoms with Crippen LogP contribution in [0.3, 0.4) is 0 Å². The summed E-state index contributed by atoms with van der Waals surface area (Å²) < 4.78 is 48.7. The fourth-order valence-electron chi connectivity index (χ4n) is 1.60. The first-order valence-electron chi connectivity index (χ1n) is 5.72. The summed E-state index contributed by atoms with van der Waals surface area (Å²) in [5.74, 6) is 0.0918. The summed E-state index contributed by atoms with van der Waals surface area (Å²) in [6, 6.07) is 6.48. The van der Waals surface area contributed by atoms with E-state index in [1.165, 1.54) is 12.3 Å². The number of aromatic nitrogens is 2. The van der Waals surface area contributed by atoms with Gasteiger partial charge in [0.15, 0.2) is 5.16 Å². The third kappa shape index (κ3) is 4.09. The van der Waals surface area contributed by atoms with E-state index in [1.54, 1.807) is 24.4 Å². The van der Waals surface area contributed by atoms with Gasteiger partial charge >= 0.3 is 6.18 Å². The van der Waals surface area contributed by atoms with Crippen LogP contribution in [-0.4, -0.2) is 26.9 Å². The van der Waals surface area contributed by atoms with Gasteiger partial charge in [-0.3, -0.25) is 4.21 Å². The minimum Gasteiger partial charge on any atom is -0.376 e. The first kappa shape index (κ1) is 14.6. The Morgan fingerprint density at radius 3 is 2.70 bits per heavy atom. The summed E-state index contributed by atoms with van der Waals surface area (Å²) in [5, 5.41) is 2.62. The van der Waals surface area contributed by atoms with Crippen LogP contribution in [0.2, 0.25) is 0 Å². The molecule has 0 aliphatic heterocycles. The highest BCUT2D eigenvalue weighted by Crippen LogP contribution is 2.21. The summed E-state index contributed by atoms with van der Waals surface area (Å²) >= 11 is 0. The van der Waals surface area contributed by atoms with Gasteiger partial charge in [0.1, 0.15) is 6.54 Å². The van der Waals surface area contributed by atoms with E-state index in [9.17, 15) is 17.4 Å². The molecule has 0 aliphatic rings. The largest absolute Gasteiger partial charge is 0.405 e. The highest BCUT2D eigenvalue weighted by atomic mass is 32.2. The van der Waals surface area contributed by atoms with E-state index in [0.29, 0.717) is 16.4 Å². The maximum atomic E-state index is 12.2. The standard InChI is InChI=1S/C12H12F3N3OS/c13-12(14,15)8-18-10-4-2-1-3-9(10)7-20(19)11-16-5-6-17-11/h1-6,18H,7-8H2,(H,16,17). The second-order valence-electron chi connectivity index (χ2n) is 4.01. The molecule has 2 aromatic rings. The van der Waals surface area contributed by atoms with Gasteiger partial charge in [-0.25, -0.2) is 4.98 Å². The second-order valence-corrected chi connectivity index (χ2v) is 5.38. The number of para-hydroxylation sites is 1. The lowest BCUT2D eigenvalue weighted by atomic mass is 10.2. The van der Waals surface area contributed by atoms with Crippen molar-refractivity contribution in [3.8, 4) is 0 Å². The first-order valence-corrected chi connectivity index (χ1v) is 7.04. The molecule has 8 heteroatoms. The number of aromatic amines is 1. The number of nitrogens with zero attached hydrogens (tertiary/aromatic N) is 1. The lowest BCUT2D eigenvalue weighted by Gasteiger charge is -2.13. The van der Waals surface area contributed by atoms with E-state index < -0.39 is 23.5 Å². The topological polar surface area (TPSA) is 57.8 Å². The molecule has 1 aromatic heterocycles. The number of anilines is 1. The van der Waals surface area contributed by atoms with Crippen LogP contribution < -0.4 is 5.32 Å². The predicted molar refractivity (Wildman–Crippen MR) is 69.7 cm³/mol. The van der Waals surface area contributed by atoms with Crippen molar-refractivity contribution < 1.29 is 17.4 Å². The number of imidazole rings is 1. The zero-order valence-corrected chi connectivity index (χ0v) is 11.1. The molecule has 0 amide bonds. The minimum atomic E-state index is -4.30. The lowest BCUT2D eigenvalue weighted by Crippen LogP contribution is -2.22. The van der Waals surface area contributed by atoms with Gasteiger partial charge in [-0.05, 0) is 11.6 Å². The number of H-pyrrole nitrogens is 1. The summed E-state index contributed by atoms with van der Waals surface area (Å²) in [6.45, 7) is -1.13. The average molecular weight is 303 g/mol. The third-order valence-electron chi connectivity index (χ3n) is 2.47. The zero-order chi connectivity index (χ0) is 14.6. The Labute approximate surface area is 115 Å². The van der Waals surface area contributed by atoms with Gasteiger partial charge < -0.3 is 10.3 Å². The summed E-state index contributed by atoms with van der Waals surface area (Å²) in [5.41, 5.74) is 0.871. The molecule has 0 fully saturated rings. The highest BCUT2D eigenvalue weighted by molar-refractivity contribution is 7.84. The maximum absolute atomic E-state index is 12.2. The average Bonchev–Trinajstić information content (AvgIpc) is 2.90. The molecular formula is C12H12F3N3OS. The smallest absolute Gasteiger partial charge is 0.376 e. The van der Waals surface area contributed by atoms with Crippen LogP contribution in [0.15, 0.2) is 41.8 Å². The van der Waals surface area contributed by atoms with Crippen molar-refractivity contribution in [2.75, 3.05) is 11.9 Å². The third-order valence-corrected chi connectivity index (χ3v) is 3.70. The minimum absolute atomic E-state index is 0.0918. The van der Waals surface area contributed by atoms with Crippen LogP contribution in [-0.2, 0) is 16.6 Å². The molecule has 2 N–H and O–H groups in total. The molecule has 0 bridgehead atoms. The van der Waals surface area contributed by atoms with E-state index in [-0.39, 0.29) is 5.75 Å². The van der Waals surface area contributed by atoms with Crippen LogP contribution in [0, 0.1) is 0 Å². The van der Waals surface area contributed by atoms with Crippen LogP contribution in [0.5, 0.6) is 0 Å². The van der Waals surface area contributed by atoms with Crippen LogP contribution in [0.4, 0.5) is 18.9 Å². The first-order chi connectivity index (χ1) is 9.46. The van der Waals surface area contributed by atoms with E-state index >= 15 is 0 Å². The maximum Gasteiger partial charge on any atom is 0.405 e. The van der Waals surface area contributed by atoms with E-state index in [2.05, 4.69) is 15.3 Å². The van der Waals surface area contributed by atoms with Gasteiger partial charge in [0, 0.05) is 18.1 Å². The van der Waals surface area contributed by atoms with E-state index in [0.717, 1.165) is 0 Å². The van der Waals surface area contributed by atoms with Crippen molar-refractivity contribution in [3.63, 3.8) is 0 Å². The highest BCUT2D eigenvalue weighted by Gasteiger charge is 2.27. The van der Waals surface area contributed by atoms with Crippen molar-refractivity contribution in [3.05, 3.63) is 42.2 Å². The number of rotatable bonds is 5. The van der Waals surface area contributed by atoms with Crippen molar-refractivity contribution in [1.82, 2.24) is 9.97 Å². The second kappa shape index (κ2) is 6.08. The number of alkyl halides is 3. The molecule has 1 aromatic carbocycles. The number of hydrogen-bond donors (Lipinski definition) is 2. The molecule has 1 atom stereocenters. The number of benzene rings is 1. The Morgan fingerprint density at radius 1 is 1.30 bits per heavy atom. The van der Waals surface area contributed by atoms with Gasteiger partial charge in [-0.2, -0.15) is 13.2 Å². The van der Waals surface area contributed by atoms with Crippen molar-refractivity contribution in [2.45, 2.75) is 17.1 Å². The molecule has 108 valence electrons. The fourth-order valence-corrected chi connectivity index (χ4v) is 2.65. The number of nitrogens with one attached hydrogen (secondary N) is 2. The molecule has 0 saturated carbocycles. The number of halogens is 3. The number of hydrogen-bond acceptors (Lipinski definition) is 3. The molecule has 0 saturated heterocycles. The SMILES string of the molecule is O=S(Cc1ccccc1NCC(F)(F)F)c1ncc[nH]1. The van der Waals surface area contributed by atoms with Gasteiger partial charge in [0.25, 0.3) is 0 Å². The summed E-state index contributed by atoms with van der Waals surface area (Å²) in [6.07, 6.45) is -1.28. The normalized spacial score (nSPS) is 13.2. The molecule has 2 rings (SSSR count). The van der Waals surface area contributed by atoms with Crippen molar-refractivity contribution in [1.29, 1.82) is 0 Å². The Kier molecular flexibility index (Phi) is 4.43. The molecule has 1 unspecified atom stereocenters. The summed E-state index contributed by atoms with van der Waals surface area (Å²) in [4.78, 5) is 6.59. The van der Waals surface area contributed by atoms with E-state index in [4.69, 9.17) is 0 Å². The zero-order valence-electron chi connectivity index (χ0n) is 10.3. The molecule has 0 radical (unpaired) electrons. The Balaban J connectivity index is 2.10. The van der Waals surface area contributed by atoms with Gasteiger partial charge in [-0.15, -0.1) is 0 Å². The monoisotopic (exact) mass is 303 g/mol. The summed E-state index contributed by atoms with van der Waals surface area (Å²) in [7, 11) is -1.43. The Hall–Kier alpha value is -1.83. The molecule has 0 spiro atoms. The fraction of sp³-hybridized carbons (Fsp3) is 0.250. The van der Waals surface area contributed by atoms with Crippen LogP contribution in [0.1, 0.15) is 5.56 Å². The lowest BCUT2D eigenvalue weighted by molar-refractivity contribution is -0.115. The predicted octanol–water partition coefficient (Wildman–Crippen LogP) is 2.69. The van der Waals surface area contributed by atoms with Crippen molar-refractivity contribution >= 4 is 16.5 Å². The molecule has 20 heavy (non-hydrogen) atoms. The Bertz CT molecular complexity index is 584. The van der Waals surface area contributed by atoms with Crippen LogP contribution in [0.25, 0.3) is 0 Å². The quantitative estimate of drug-likeness (QED) is 0.893. The van der Waals surface area contributed by atoms with Gasteiger partial charge in [0.2, 0.25) is 0 Å². The van der Waals surface area contributed by atoms with E-state index in [1.807, 2.05) is 0 Å². The van der Waals surface area contributed by atoms with Crippen LogP contribution >= 0.6 is 0 Å². The molecule has 1 heterocycles. The van der Waals surface area contributed by atoms with Crippen molar-refractivity contribution in [2.24, 2.45) is 0 Å². The Morgan fingerprint density at radius 2 is 2.05 bits per heavy atom. The molecule has 0 aliphatic carbocycles.